The number of carbonyl (C=O) groups is 1. The maximum atomic E-state index is 13.3. The Morgan fingerprint density at radius 1 is 1.20 bits per heavy atom. The summed E-state index contributed by atoms with van der Waals surface area (Å²) in [5.41, 5.74) is 1.95. The lowest BCUT2D eigenvalue weighted by Gasteiger charge is -2.11. The molecule has 7 nitrogen and oxygen atoms in total. The highest BCUT2D eigenvalue weighted by atomic mass is 35.5. The molecule has 1 N–H and O–H groups in total. The normalized spacial score (nSPS) is 11.7. The van der Waals surface area contributed by atoms with E-state index >= 15 is 0 Å². The van der Waals surface area contributed by atoms with Crippen LogP contribution in [0.3, 0.4) is 0 Å². The largest absolute Gasteiger partial charge is 0.468 e. The van der Waals surface area contributed by atoms with E-state index in [2.05, 4.69) is 9.71 Å². The van der Waals surface area contributed by atoms with Crippen molar-refractivity contribution in [1.29, 1.82) is 0 Å². The first kappa shape index (κ1) is 20.2. The molecule has 0 atom stereocenters. The van der Waals surface area contributed by atoms with E-state index in [1.165, 1.54) is 13.2 Å². The van der Waals surface area contributed by atoms with Crippen LogP contribution in [0.2, 0.25) is 5.02 Å². The molecule has 0 radical (unpaired) electrons. The zero-order valence-electron chi connectivity index (χ0n) is 16.2. The van der Waals surface area contributed by atoms with Crippen molar-refractivity contribution in [2.75, 3.05) is 11.8 Å². The topological polar surface area (TPSA) is 90.3 Å². The molecule has 0 saturated heterocycles. The molecule has 0 aliphatic heterocycles. The van der Waals surface area contributed by atoms with Gasteiger partial charge in [0.15, 0.2) is 0 Å². The summed E-state index contributed by atoms with van der Waals surface area (Å²) in [6.45, 7) is 1.67. The third-order valence-electron chi connectivity index (χ3n) is 4.92. The second kappa shape index (κ2) is 7.62. The number of sulfonamides is 1. The fraction of sp³-hybridized carbons (Fsp3) is 0.143. The lowest BCUT2D eigenvalue weighted by molar-refractivity contribution is -0.141. The lowest BCUT2D eigenvalue weighted by atomic mass is 10.2. The van der Waals surface area contributed by atoms with Crippen LogP contribution in [0.5, 0.6) is 0 Å². The molecule has 0 amide bonds. The third kappa shape index (κ3) is 3.48. The number of methoxy groups -OCH3 is 1. The molecule has 9 heteroatoms. The van der Waals surface area contributed by atoms with Crippen LogP contribution in [0.15, 0.2) is 59.6 Å². The smallest absolute Gasteiger partial charge is 0.325 e. The van der Waals surface area contributed by atoms with Crippen molar-refractivity contribution in [3.8, 4) is 0 Å². The number of anilines is 1. The highest BCUT2D eigenvalue weighted by Crippen LogP contribution is 2.35. The number of pyridine rings is 1. The maximum Gasteiger partial charge on any atom is 0.325 e. The average Bonchev–Trinajstić information content (AvgIpc) is 2.98. The van der Waals surface area contributed by atoms with Crippen molar-refractivity contribution in [2.45, 2.75) is 18.4 Å². The number of aromatic nitrogens is 2. The minimum atomic E-state index is -3.97. The second-order valence-corrected chi connectivity index (χ2v) is 8.81. The minimum absolute atomic E-state index is 0.0575. The first-order valence-corrected chi connectivity index (χ1v) is 10.9. The number of rotatable bonds is 5. The van der Waals surface area contributed by atoms with Crippen molar-refractivity contribution in [2.24, 2.45) is 0 Å². The molecule has 2 aromatic carbocycles. The monoisotopic (exact) mass is 443 g/mol. The highest BCUT2D eigenvalue weighted by Gasteiger charge is 2.24. The molecule has 30 heavy (non-hydrogen) atoms. The van der Waals surface area contributed by atoms with E-state index in [4.69, 9.17) is 16.3 Å². The number of ether oxygens (including phenoxy) is 1. The summed E-state index contributed by atoms with van der Waals surface area (Å²) in [5, 5.41) is 1.75. The summed E-state index contributed by atoms with van der Waals surface area (Å²) in [7, 11) is -2.67. The van der Waals surface area contributed by atoms with Gasteiger partial charge in [0.05, 0.1) is 23.8 Å². The fourth-order valence-corrected chi connectivity index (χ4v) is 4.95. The van der Waals surface area contributed by atoms with Gasteiger partial charge in [-0.3, -0.25) is 14.5 Å². The van der Waals surface area contributed by atoms with Gasteiger partial charge in [0.25, 0.3) is 10.0 Å². The van der Waals surface area contributed by atoms with Crippen molar-refractivity contribution in [3.63, 3.8) is 0 Å². The van der Waals surface area contributed by atoms with Crippen LogP contribution in [0.25, 0.3) is 21.8 Å². The van der Waals surface area contributed by atoms with E-state index in [-0.39, 0.29) is 11.4 Å². The number of benzene rings is 2. The molecule has 0 saturated carbocycles. The van der Waals surface area contributed by atoms with Crippen LogP contribution in [0.1, 0.15) is 5.69 Å². The highest BCUT2D eigenvalue weighted by molar-refractivity contribution is 7.93. The first-order chi connectivity index (χ1) is 14.3. The minimum Gasteiger partial charge on any atom is -0.468 e. The van der Waals surface area contributed by atoms with Gasteiger partial charge in [-0.25, -0.2) is 8.42 Å². The van der Waals surface area contributed by atoms with Crippen LogP contribution in [0.4, 0.5) is 5.69 Å². The molecule has 2 heterocycles. The molecule has 0 bridgehead atoms. The molecule has 0 aliphatic rings. The van der Waals surface area contributed by atoms with Gasteiger partial charge in [-0.15, -0.1) is 0 Å². The quantitative estimate of drug-likeness (QED) is 0.468. The van der Waals surface area contributed by atoms with Gasteiger partial charge < -0.3 is 9.30 Å². The summed E-state index contributed by atoms with van der Waals surface area (Å²) in [5.74, 6) is -0.447. The molecule has 154 valence electrons. The fourth-order valence-electron chi connectivity index (χ4n) is 3.46. The number of para-hydroxylation sites is 1. The predicted octanol–water partition coefficient (Wildman–Crippen LogP) is 4.13. The van der Waals surface area contributed by atoms with Crippen molar-refractivity contribution >= 4 is 55.1 Å². The number of halogens is 1. The lowest BCUT2D eigenvalue weighted by Crippen LogP contribution is -2.16. The molecule has 0 fully saturated rings. The first-order valence-electron chi connectivity index (χ1n) is 9.03. The molecule has 0 aliphatic carbocycles. The Labute approximate surface area is 178 Å². The van der Waals surface area contributed by atoms with Crippen LogP contribution in [-0.2, 0) is 26.1 Å². The Hall–Kier alpha value is -3.10. The number of hydrogen-bond acceptors (Lipinski definition) is 5. The maximum absolute atomic E-state index is 13.3. The molecule has 4 aromatic rings. The van der Waals surface area contributed by atoms with Crippen molar-refractivity contribution in [3.05, 3.63) is 65.4 Å². The van der Waals surface area contributed by atoms with Gasteiger partial charge >= 0.3 is 5.97 Å². The van der Waals surface area contributed by atoms with Crippen LogP contribution in [-0.4, -0.2) is 31.0 Å². The zero-order valence-corrected chi connectivity index (χ0v) is 17.8. The Morgan fingerprint density at radius 2 is 1.97 bits per heavy atom. The molecule has 2 aromatic heterocycles. The molecule has 0 spiro atoms. The van der Waals surface area contributed by atoms with Crippen molar-refractivity contribution in [1.82, 2.24) is 9.55 Å². The molecule has 4 rings (SSSR count). The Bertz CT molecular complexity index is 1390. The van der Waals surface area contributed by atoms with Gasteiger partial charge in [-0.2, -0.15) is 0 Å². The van der Waals surface area contributed by atoms with Crippen LogP contribution >= 0.6 is 11.6 Å². The van der Waals surface area contributed by atoms with Gasteiger partial charge in [-0.05, 0) is 37.3 Å². The van der Waals surface area contributed by atoms with E-state index in [1.54, 1.807) is 60.2 Å². The summed E-state index contributed by atoms with van der Waals surface area (Å²) < 4.78 is 35.7. The molecule has 0 unspecified atom stereocenters. The van der Waals surface area contributed by atoms with Gasteiger partial charge in [-0.1, -0.05) is 29.8 Å². The Kier molecular flexibility index (Phi) is 5.13. The summed E-state index contributed by atoms with van der Waals surface area (Å²) in [6.07, 6.45) is 1.55. The van der Waals surface area contributed by atoms with Crippen LogP contribution in [0, 0.1) is 6.92 Å². The second-order valence-electron chi connectivity index (χ2n) is 6.72. The van der Waals surface area contributed by atoms with Gasteiger partial charge in [0.1, 0.15) is 11.4 Å². The van der Waals surface area contributed by atoms with Crippen LogP contribution < -0.4 is 4.72 Å². The van der Waals surface area contributed by atoms with Gasteiger partial charge in [0, 0.05) is 27.7 Å². The Morgan fingerprint density at radius 3 is 2.73 bits per heavy atom. The Balaban J connectivity index is 1.88. The van der Waals surface area contributed by atoms with E-state index < -0.39 is 16.0 Å². The predicted molar refractivity (Wildman–Crippen MR) is 116 cm³/mol. The summed E-state index contributed by atoms with van der Waals surface area (Å²) in [4.78, 5) is 16.2. The number of carbonyl (C=O) groups excluding carboxylic acids is 1. The number of hydrogen-bond donors (Lipinski definition) is 1. The summed E-state index contributed by atoms with van der Waals surface area (Å²) in [6, 6.07) is 13.6. The van der Waals surface area contributed by atoms with E-state index in [9.17, 15) is 13.2 Å². The van der Waals surface area contributed by atoms with E-state index in [0.29, 0.717) is 38.2 Å². The van der Waals surface area contributed by atoms with Gasteiger partial charge in [0.2, 0.25) is 0 Å². The third-order valence-corrected chi connectivity index (χ3v) is 6.54. The van der Waals surface area contributed by atoms with E-state index in [0.717, 1.165) is 0 Å². The van der Waals surface area contributed by atoms with E-state index in [1.807, 2.05) is 0 Å². The molecular formula is C21H18ClN3O4S. The van der Waals surface area contributed by atoms with Crippen molar-refractivity contribution < 1.29 is 17.9 Å². The number of nitrogens with zero attached hydrogens (tertiary/aromatic N) is 2. The number of fused-ring (bicyclic) bond motifs is 2. The number of esters is 1. The summed E-state index contributed by atoms with van der Waals surface area (Å²) >= 11 is 6.16. The zero-order chi connectivity index (χ0) is 21.5. The number of nitrogens with one attached hydrogen (secondary N) is 1. The molecular weight excluding hydrogens is 426 g/mol. The SMILES string of the molecule is COC(=O)Cn1c(C)c(NS(=O)(=O)c2cccc3cccnc23)c2cc(Cl)ccc21. The standard InChI is InChI=1S/C21H18ClN3O4S/c1-13-20(16-11-15(22)8-9-17(16)25(13)12-19(26)29-2)24-30(27,28)18-7-3-5-14-6-4-10-23-21(14)18/h3-11,24H,12H2,1-2H3. The average molecular weight is 444 g/mol.